The lowest BCUT2D eigenvalue weighted by atomic mass is 10.1. The van der Waals surface area contributed by atoms with Gasteiger partial charge in [-0.25, -0.2) is 9.97 Å². The Morgan fingerprint density at radius 3 is 2.80 bits per heavy atom. The number of hydrogen-bond donors (Lipinski definition) is 2. The largest absolute Gasteiger partial charge is 0.339 e. The first-order chi connectivity index (χ1) is 7.18. The van der Waals surface area contributed by atoms with E-state index >= 15 is 0 Å². The molecule has 0 amide bonds. The molecule has 0 saturated heterocycles. The Labute approximate surface area is 92.6 Å². The minimum absolute atomic E-state index is 0.0429. The fraction of sp³-hybridized carbons (Fsp3) is 0.400. The van der Waals surface area contributed by atoms with E-state index < -0.39 is 0 Å². The number of hydrogen-bond acceptors (Lipinski definition) is 4. The number of nitrogens with zero attached hydrogens (tertiary/aromatic N) is 2. The minimum Gasteiger partial charge on any atom is -0.339 e. The van der Waals surface area contributed by atoms with Gasteiger partial charge in [-0.3, -0.25) is 0 Å². The Morgan fingerprint density at radius 2 is 2.20 bits per heavy atom. The third kappa shape index (κ3) is 2.08. The van der Waals surface area contributed by atoms with E-state index in [9.17, 15) is 0 Å². The van der Waals surface area contributed by atoms with Crippen molar-refractivity contribution in [1.29, 1.82) is 0 Å². The zero-order valence-electron chi connectivity index (χ0n) is 8.77. The van der Waals surface area contributed by atoms with Crippen LogP contribution in [0.15, 0.2) is 17.8 Å². The number of aromatic amines is 1. The van der Waals surface area contributed by atoms with Crippen molar-refractivity contribution in [3.63, 3.8) is 0 Å². The van der Waals surface area contributed by atoms with Gasteiger partial charge in [0.25, 0.3) is 0 Å². The van der Waals surface area contributed by atoms with Gasteiger partial charge in [-0.05, 0) is 5.92 Å². The van der Waals surface area contributed by atoms with Crippen LogP contribution in [0.25, 0.3) is 10.7 Å². The van der Waals surface area contributed by atoms with E-state index in [0.717, 1.165) is 16.5 Å². The number of nitrogens with one attached hydrogen (secondary N) is 1. The zero-order valence-corrected chi connectivity index (χ0v) is 9.58. The molecule has 2 rings (SSSR count). The van der Waals surface area contributed by atoms with Crippen LogP contribution in [-0.2, 0) is 0 Å². The van der Waals surface area contributed by atoms with Crippen LogP contribution in [-0.4, -0.2) is 15.0 Å². The maximum absolute atomic E-state index is 5.99. The van der Waals surface area contributed by atoms with E-state index in [0.29, 0.717) is 5.92 Å². The average Bonchev–Trinajstić information content (AvgIpc) is 2.86. The molecular weight excluding hydrogens is 208 g/mol. The van der Waals surface area contributed by atoms with Gasteiger partial charge in [0, 0.05) is 11.6 Å². The molecule has 1 atom stereocenters. The predicted octanol–water partition coefficient (Wildman–Crippen LogP) is 2.19. The highest BCUT2D eigenvalue weighted by Crippen LogP contribution is 2.22. The molecule has 5 heteroatoms. The lowest BCUT2D eigenvalue weighted by Gasteiger charge is -2.11. The standard InChI is InChI=1S/C10H14N4S/c1-6(2)8(11)9-13-5-7(14-9)10-12-3-4-15-10/h3-6,8H,11H2,1-2H3,(H,13,14). The summed E-state index contributed by atoms with van der Waals surface area (Å²) in [7, 11) is 0. The van der Waals surface area contributed by atoms with E-state index in [2.05, 4.69) is 28.8 Å². The van der Waals surface area contributed by atoms with Crippen LogP contribution in [0.1, 0.15) is 25.7 Å². The first kappa shape index (κ1) is 10.3. The summed E-state index contributed by atoms with van der Waals surface area (Å²) in [5, 5.41) is 2.89. The second-order valence-electron chi connectivity index (χ2n) is 3.79. The van der Waals surface area contributed by atoms with Crippen molar-refractivity contribution >= 4 is 11.3 Å². The fourth-order valence-corrected chi connectivity index (χ4v) is 1.89. The molecule has 0 aromatic carbocycles. The molecule has 0 aliphatic heterocycles. The van der Waals surface area contributed by atoms with Gasteiger partial charge in [0.2, 0.25) is 0 Å². The van der Waals surface area contributed by atoms with Crippen molar-refractivity contribution in [2.45, 2.75) is 19.9 Å². The van der Waals surface area contributed by atoms with Crippen LogP contribution < -0.4 is 5.73 Å². The van der Waals surface area contributed by atoms with E-state index in [1.165, 1.54) is 0 Å². The quantitative estimate of drug-likeness (QED) is 0.836. The third-order valence-electron chi connectivity index (χ3n) is 2.29. The Hall–Kier alpha value is -1.20. The number of thiazole rings is 1. The number of H-pyrrole nitrogens is 1. The molecule has 2 heterocycles. The minimum atomic E-state index is -0.0429. The fourth-order valence-electron chi connectivity index (χ4n) is 1.29. The highest BCUT2D eigenvalue weighted by molar-refractivity contribution is 7.13. The van der Waals surface area contributed by atoms with Crippen molar-refractivity contribution in [2.75, 3.05) is 0 Å². The van der Waals surface area contributed by atoms with Gasteiger partial charge >= 0.3 is 0 Å². The van der Waals surface area contributed by atoms with Gasteiger partial charge in [0.1, 0.15) is 10.8 Å². The molecule has 0 fully saturated rings. The van der Waals surface area contributed by atoms with Crippen LogP contribution in [0.3, 0.4) is 0 Å². The molecule has 0 aliphatic rings. The van der Waals surface area contributed by atoms with Crippen molar-refractivity contribution in [2.24, 2.45) is 11.7 Å². The van der Waals surface area contributed by atoms with Gasteiger partial charge < -0.3 is 10.7 Å². The summed E-state index contributed by atoms with van der Waals surface area (Å²) < 4.78 is 0. The number of aromatic nitrogens is 3. The summed E-state index contributed by atoms with van der Waals surface area (Å²) in [6.07, 6.45) is 3.57. The van der Waals surface area contributed by atoms with Gasteiger partial charge in [-0.1, -0.05) is 13.8 Å². The predicted molar refractivity (Wildman–Crippen MR) is 61.5 cm³/mol. The molecule has 15 heavy (non-hydrogen) atoms. The second-order valence-corrected chi connectivity index (χ2v) is 4.68. The molecule has 0 bridgehead atoms. The van der Waals surface area contributed by atoms with Crippen molar-refractivity contribution in [3.8, 4) is 10.7 Å². The molecule has 0 saturated carbocycles. The van der Waals surface area contributed by atoms with Gasteiger partial charge in [-0.15, -0.1) is 11.3 Å². The van der Waals surface area contributed by atoms with Gasteiger partial charge in [0.15, 0.2) is 0 Å². The number of nitrogens with two attached hydrogens (primary N) is 1. The monoisotopic (exact) mass is 222 g/mol. The maximum Gasteiger partial charge on any atom is 0.141 e. The third-order valence-corrected chi connectivity index (χ3v) is 3.10. The molecule has 80 valence electrons. The second kappa shape index (κ2) is 4.12. The molecular formula is C10H14N4S. The topological polar surface area (TPSA) is 67.6 Å². The number of rotatable bonds is 3. The average molecular weight is 222 g/mol. The molecule has 3 N–H and O–H groups in total. The Morgan fingerprint density at radius 1 is 1.40 bits per heavy atom. The molecule has 2 aromatic heterocycles. The first-order valence-corrected chi connectivity index (χ1v) is 5.77. The molecule has 0 spiro atoms. The molecule has 0 aliphatic carbocycles. The summed E-state index contributed by atoms with van der Waals surface area (Å²) in [6, 6.07) is -0.0429. The summed E-state index contributed by atoms with van der Waals surface area (Å²) in [4.78, 5) is 11.7. The smallest absolute Gasteiger partial charge is 0.141 e. The maximum atomic E-state index is 5.99. The van der Waals surface area contributed by atoms with Crippen LogP contribution in [0.2, 0.25) is 0 Å². The van der Waals surface area contributed by atoms with Crippen molar-refractivity contribution < 1.29 is 0 Å². The summed E-state index contributed by atoms with van der Waals surface area (Å²) >= 11 is 1.59. The molecule has 2 aromatic rings. The first-order valence-electron chi connectivity index (χ1n) is 4.89. The van der Waals surface area contributed by atoms with Crippen molar-refractivity contribution in [1.82, 2.24) is 15.0 Å². The van der Waals surface area contributed by atoms with Gasteiger partial charge in [0.05, 0.1) is 17.9 Å². The summed E-state index contributed by atoms with van der Waals surface area (Å²) in [5.41, 5.74) is 6.93. The Bertz CT molecular complexity index is 418. The van der Waals surface area contributed by atoms with Crippen LogP contribution in [0.5, 0.6) is 0 Å². The lowest BCUT2D eigenvalue weighted by Crippen LogP contribution is -2.18. The molecule has 0 radical (unpaired) electrons. The number of imidazole rings is 1. The summed E-state index contributed by atoms with van der Waals surface area (Å²) in [6.45, 7) is 4.16. The Balaban J connectivity index is 2.25. The van der Waals surface area contributed by atoms with Gasteiger partial charge in [-0.2, -0.15) is 0 Å². The molecule has 4 nitrogen and oxygen atoms in total. The van der Waals surface area contributed by atoms with Crippen LogP contribution in [0.4, 0.5) is 0 Å². The molecule has 1 unspecified atom stereocenters. The van der Waals surface area contributed by atoms with E-state index in [1.54, 1.807) is 23.7 Å². The van der Waals surface area contributed by atoms with E-state index in [-0.39, 0.29) is 6.04 Å². The van der Waals surface area contributed by atoms with E-state index in [1.807, 2.05) is 5.38 Å². The zero-order chi connectivity index (χ0) is 10.8. The highest BCUT2D eigenvalue weighted by atomic mass is 32.1. The highest BCUT2D eigenvalue weighted by Gasteiger charge is 2.14. The SMILES string of the molecule is CC(C)C(N)c1ncc(-c2nccs2)[nH]1. The van der Waals surface area contributed by atoms with Crippen LogP contribution >= 0.6 is 11.3 Å². The normalized spacial score (nSPS) is 13.3. The lowest BCUT2D eigenvalue weighted by molar-refractivity contribution is 0.494. The van der Waals surface area contributed by atoms with Crippen molar-refractivity contribution in [3.05, 3.63) is 23.6 Å². The Kier molecular flexibility index (Phi) is 2.83. The summed E-state index contributed by atoms with van der Waals surface area (Å²) in [5.74, 6) is 1.20. The van der Waals surface area contributed by atoms with E-state index in [4.69, 9.17) is 5.73 Å². The van der Waals surface area contributed by atoms with Crippen LogP contribution in [0, 0.1) is 5.92 Å².